The molecule has 0 aliphatic rings. The molecule has 3 aromatic rings. The lowest BCUT2D eigenvalue weighted by molar-refractivity contribution is 0.0697. The van der Waals surface area contributed by atoms with Gasteiger partial charge in [-0.2, -0.15) is 0 Å². The number of thioether (sulfide) groups is 1. The fraction of sp³-hybridized carbons (Fsp3) is 0.227. The smallest absolute Gasteiger partial charge is 0.335 e. The first-order valence-corrected chi connectivity index (χ1v) is 9.49. The van der Waals surface area contributed by atoms with Crippen molar-refractivity contribution in [3.8, 4) is 11.2 Å². The summed E-state index contributed by atoms with van der Waals surface area (Å²) in [5.74, 6) is 2.94. The summed E-state index contributed by atoms with van der Waals surface area (Å²) in [4.78, 5) is 10.9. The van der Waals surface area contributed by atoms with Gasteiger partial charge in [0.05, 0.1) is 16.9 Å². The number of benzene rings is 2. The van der Waals surface area contributed by atoms with E-state index in [4.69, 9.17) is 15.3 Å². The van der Waals surface area contributed by atoms with Crippen LogP contribution in [0.15, 0.2) is 46.9 Å². The van der Waals surface area contributed by atoms with Gasteiger partial charge in [0.1, 0.15) is 11.3 Å². The SMILES string of the molecule is Cc1ccc(C)c2oc(C(C)SC#CC(N)c3ccc(C(=O)O)cc3)cc12. The minimum absolute atomic E-state index is 0.0743. The van der Waals surface area contributed by atoms with Crippen LogP contribution in [0.4, 0.5) is 0 Å². The van der Waals surface area contributed by atoms with Crippen molar-refractivity contribution in [1.82, 2.24) is 0 Å². The minimum Gasteiger partial charge on any atom is -0.478 e. The maximum atomic E-state index is 10.9. The van der Waals surface area contributed by atoms with Crippen LogP contribution in [-0.2, 0) is 0 Å². The van der Waals surface area contributed by atoms with Gasteiger partial charge in [0, 0.05) is 5.39 Å². The molecule has 1 aromatic heterocycles. The molecular formula is C22H21NO3S. The van der Waals surface area contributed by atoms with Gasteiger partial charge in [-0.15, -0.1) is 0 Å². The Kier molecular flexibility index (Phi) is 5.59. The first-order chi connectivity index (χ1) is 12.9. The second kappa shape index (κ2) is 7.91. The number of hydrogen-bond acceptors (Lipinski definition) is 4. The van der Waals surface area contributed by atoms with Crippen molar-refractivity contribution in [3.63, 3.8) is 0 Å². The lowest BCUT2D eigenvalue weighted by atomic mass is 10.1. The van der Waals surface area contributed by atoms with Crippen molar-refractivity contribution in [3.05, 3.63) is 70.5 Å². The van der Waals surface area contributed by atoms with Gasteiger partial charge >= 0.3 is 5.97 Å². The minimum atomic E-state index is -0.957. The number of aromatic carboxylic acids is 1. The summed E-state index contributed by atoms with van der Waals surface area (Å²) >= 11 is 1.46. The van der Waals surface area contributed by atoms with Crippen LogP contribution in [-0.4, -0.2) is 11.1 Å². The van der Waals surface area contributed by atoms with Gasteiger partial charge in [-0.3, -0.25) is 0 Å². The Morgan fingerprint density at radius 3 is 2.44 bits per heavy atom. The van der Waals surface area contributed by atoms with Crippen LogP contribution in [0.25, 0.3) is 11.0 Å². The first-order valence-electron chi connectivity index (χ1n) is 8.61. The topological polar surface area (TPSA) is 76.5 Å². The Balaban J connectivity index is 1.70. The summed E-state index contributed by atoms with van der Waals surface area (Å²) in [6.45, 7) is 6.17. The zero-order valence-electron chi connectivity index (χ0n) is 15.4. The molecule has 0 saturated carbocycles. The highest BCUT2D eigenvalue weighted by atomic mass is 32.2. The van der Waals surface area contributed by atoms with Gasteiger partial charge in [0.15, 0.2) is 0 Å². The maximum absolute atomic E-state index is 10.9. The van der Waals surface area contributed by atoms with Gasteiger partial charge < -0.3 is 15.3 Å². The molecule has 3 N–H and O–H groups in total. The fourth-order valence-electron chi connectivity index (χ4n) is 2.77. The van der Waals surface area contributed by atoms with E-state index in [0.717, 1.165) is 27.9 Å². The quantitative estimate of drug-likeness (QED) is 0.609. The molecular weight excluding hydrogens is 358 g/mol. The molecule has 5 heteroatoms. The molecule has 0 aliphatic carbocycles. The third-order valence-electron chi connectivity index (χ3n) is 4.49. The summed E-state index contributed by atoms with van der Waals surface area (Å²) in [5.41, 5.74) is 10.4. The number of furan rings is 1. The van der Waals surface area contributed by atoms with Crippen molar-refractivity contribution in [2.45, 2.75) is 32.1 Å². The Morgan fingerprint density at radius 1 is 1.15 bits per heavy atom. The number of fused-ring (bicyclic) bond motifs is 1. The molecule has 2 unspecified atom stereocenters. The van der Waals surface area contributed by atoms with E-state index in [-0.39, 0.29) is 10.8 Å². The Bertz CT molecular complexity index is 1000. The maximum Gasteiger partial charge on any atom is 0.335 e. The van der Waals surface area contributed by atoms with Gasteiger partial charge in [-0.05, 0) is 60.9 Å². The number of carbonyl (C=O) groups is 1. The summed E-state index contributed by atoms with van der Waals surface area (Å²) in [5, 5.41) is 13.2. The standard InChI is InChI=1S/C22H21NO3S/c1-13-4-5-14(2)21-18(13)12-20(26-21)15(3)27-11-10-19(23)16-6-8-17(9-7-16)22(24)25/h4-9,12,15,19H,23H2,1-3H3,(H,24,25). The highest BCUT2D eigenvalue weighted by Gasteiger charge is 2.14. The second-order valence-corrected chi connectivity index (χ2v) is 7.65. The fourth-order valence-corrected chi connectivity index (χ4v) is 3.38. The molecule has 0 saturated heterocycles. The number of carboxylic acids is 1. The van der Waals surface area contributed by atoms with Crippen molar-refractivity contribution in [2.75, 3.05) is 0 Å². The largest absolute Gasteiger partial charge is 0.478 e. The van der Waals surface area contributed by atoms with Crippen LogP contribution in [0.2, 0.25) is 0 Å². The predicted molar refractivity (Wildman–Crippen MR) is 110 cm³/mol. The predicted octanol–water partition coefficient (Wildman–Crippen LogP) is 5.20. The average Bonchev–Trinajstić information content (AvgIpc) is 3.11. The number of rotatable bonds is 4. The molecule has 0 spiro atoms. The van der Waals surface area contributed by atoms with Crippen LogP contribution in [0.5, 0.6) is 0 Å². The molecule has 2 aromatic carbocycles. The molecule has 4 nitrogen and oxygen atoms in total. The van der Waals surface area contributed by atoms with E-state index in [1.165, 1.54) is 29.5 Å². The molecule has 1 heterocycles. The van der Waals surface area contributed by atoms with Gasteiger partial charge in [0.2, 0.25) is 0 Å². The van der Waals surface area contributed by atoms with E-state index in [1.807, 2.05) is 6.92 Å². The summed E-state index contributed by atoms with van der Waals surface area (Å²) in [6.07, 6.45) is 0. The third kappa shape index (κ3) is 4.19. The molecule has 0 bridgehead atoms. The lowest BCUT2D eigenvalue weighted by Gasteiger charge is -2.05. The molecule has 0 radical (unpaired) electrons. The van der Waals surface area contributed by atoms with E-state index in [9.17, 15) is 4.79 Å². The van der Waals surface area contributed by atoms with E-state index in [2.05, 4.69) is 43.2 Å². The third-order valence-corrected chi connectivity index (χ3v) is 5.31. The number of carboxylic acid groups (broad SMARTS) is 1. The van der Waals surface area contributed by atoms with Crippen LogP contribution >= 0.6 is 11.8 Å². The number of hydrogen-bond donors (Lipinski definition) is 2. The second-order valence-electron chi connectivity index (χ2n) is 6.50. The average molecular weight is 379 g/mol. The summed E-state index contributed by atoms with van der Waals surface area (Å²) in [7, 11) is 0. The van der Waals surface area contributed by atoms with Crippen LogP contribution in [0, 0.1) is 25.0 Å². The highest BCUT2D eigenvalue weighted by Crippen LogP contribution is 2.34. The molecule has 0 aliphatic heterocycles. The monoisotopic (exact) mass is 379 g/mol. The zero-order valence-corrected chi connectivity index (χ0v) is 16.3. The normalized spacial score (nSPS) is 13.0. The van der Waals surface area contributed by atoms with E-state index >= 15 is 0 Å². The van der Waals surface area contributed by atoms with Crippen LogP contribution < -0.4 is 5.73 Å². The summed E-state index contributed by atoms with van der Waals surface area (Å²) in [6, 6.07) is 12.3. The van der Waals surface area contributed by atoms with Gasteiger partial charge in [0.25, 0.3) is 0 Å². The Hall–Kier alpha value is -2.68. The molecule has 2 atom stereocenters. The van der Waals surface area contributed by atoms with Crippen molar-refractivity contribution < 1.29 is 14.3 Å². The van der Waals surface area contributed by atoms with Crippen molar-refractivity contribution >= 4 is 28.7 Å². The van der Waals surface area contributed by atoms with Crippen LogP contribution in [0.3, 0.4) is 0 Å². The molecule has 27 heavy (non-hydrogen) atoms. The molecule has 138 valence electrons. The van der Waals surface area contributed by atoms with Crippen molar-refractivity contribution in [2.24, 2.45) is 5.73 Å². The molecule has 3 rings (SSSR count). The van der Waals surface area contributed by atoms with Crippen LogP contribution in [0.1, 0.15) is 51.0 Å². The lowest BCUT2D eigenvalue weighted by Crippen LogP contribution is -2.08. The number of nitrogens with two attached hydrogens (primary N) is 1. The highest BCUT2D eigenvalue weighted by molar-refractivity contribution is 8.04. The van der Waals surface area contributed by atoms with E-state index < -0.39 is 12.0 Å². The first kappa shape index (κ1) is 19.1. The number of aryl methyl sites for hydroxylation is 2. The zero-order chi connectivity index (χ0) is 19.6. The van der Waals surface area contributed by atoms with Crippen molar-refractivity contribution in [1.29, 1.82) is 0 Å². The molecule has 0 fully saturated rings. The Labute approximate surface area is 162 Å². The van der Waals surface area contributed by atoms with Gasteiger partial charge in [-0.25, -0.2) is 4.79 Å². The van der Waals surface area contributed by atoms with E-state index in [0.29, 0.717) is 0 Å². The Morgan fingerprint density at radius 2 is 1.81 bits per heavy atom. The summed E-state index contributed by atoms with van der Waals surface area (Å²) < 4.78 is 6.04. The van der Waals surface area contributed by atoms with Gasteiger partial charge in [-0.1, -0.05) is 41.9 Å². The molecule has 0 amide bonds. The van der Waals surface area contributed by atoms with E-state index in [1.54, 1.807) is 12.1 Å².